The van der Waals surface area contributed by atoms with E-state index in [0.29, 0.717) is 22.8 Å². The number of hydrogen-bond donors (Lipinski definition) is 1. The van der Waals surface area contributed by atoms with E-state index in [9.17, 15) is 4.79 Å². The second-order valence-corrected chi connectivity index (χ2v) is 5.77. The van der Waals surface area contributed by atoms with Crippen molar-refractivity contribution in [2.24, 2.45) is 0 Å². The standard InChI is InChI=1S/C20H21NO7/c1-23-13-7-6-10(8-11(13)21)14-9-12(22)15-16(24-2)18(25-3)20(27-5)19(26-4)17(15)28-14/h6-9H,21H2,1-5H3. The van der Waals surface area contributed by atoms with Gasteiger partial charge in [-0.05, 0) is 18.2 Å². The van der Waals surface area contributed by atoms with Crippen molar-refractivity contribution >= 4 is 16.7 Å². The van der Waals surface area contributed by atoms with Gasteiger partial charge in [-0.1, -0.05) is 0 Å². The zero-order chi connectivity index (χ0) is 20.4. The second-order valence-electron chi connectivity index (χ2n) is 5.77. The fraction of sp³-hybridized carbons (Fsp3) is 0.250. The summed E-state index contributed by atoms with van der Waals surface area (Å²) in [5.41, 5.74) is 6.84. The van der Waals surface area contributed by atoms with Crippen LogP contribution in [0.1, 0.15) is 0 Å². The predicted octanol–water partition coefficient (Wildman–Crippen LogP) is 3.09. The molecule has 0 spiro atoms. The van der Waals surface area contributed by atoms with E-state index in [-0.39, 0.29) is 39.4 Å². The molecule has 148 valence electrons. The molecule has 0 unspecified atom stereocenters. The number of benzene rings is 2. The first-order valence-corrected chi connectivity index (χ1v) is 8.28. The fourth-order valence-electron chi connectivity index (χ4n) is 3.07. The maximum Gasteiger partial charge on any atom is 0.211 e. The quantitative estimate of drug-likeness (QED) is 0.644. The van der Waals surface area contributed by atoms with Gasteiger partial charge < -0.3 is 33.8 Å². The summed E-state index contributed by atoms with van der Waals surface area (Å²) in [6, 6.07) is 6.45. The third-order valence-corrected chi connectivity index (χ3v) is 4.33. The van der Waals surface area contributed by atoms with Crippen molar-refractivity contribution < 1.29 is 28.1 Å². The van der Waals surface area contributed by atoms with Crippen molar-refractivity contribution in [3.05, 3.63) is 34.5 Å². The Labute approximate surface area is 161 Å². The zero-order valence-corrected chi connectivity index (χ0v) is 16.2. The molecule has 0 radical (unpaired) electrons. The Morgan fingerprint density at radius 2 is 1.39 bits per heavy atom. The van der Waals surface area contributed by atoms with Gasteiger partial charge in [-0.2, -0.15) is 0 Å². The van der Waals surface area contributed by atoms with Gasteiger partial charge in [0.1, 0.15) is 16.9 Å². The lowest BCUT2D eigenvalue weighted by molar-refractivity contribution is 0.307. The van der Waals surface area contributed by atoms with Crippen LogP contribution in [0.25, 0.3) is 22.3 Å². The number of nitrogen functional groups attached to an aromatic ring is 1. The second kappa shape index (κ2) is 7.59. The minimum absolute atomic E-state index is 0.175. The van der Waals surface area contributed by atoms with E-state index >= 15 is 0 Å². The van der Waals surface area contributed by atoms with Gasteiger partial charge in [0.05, 0.1) is 41.2 Å². The van der Waals surface area contributed by atoms with Gasteiger partial charge >= 0.3 is 0 Å². The van der Waals surface area contributed by atoms with Crippen molar-refractivity contribution in [2.45, 2.75) is 0 Å². The molecule has 0 amide bonds. The number of anilines is 1. The average Bonchev–Trinajstić information content (AvgIpc) is 2.71. The van der Waals surface area contributed by atoms with Crippen LogP contribution in [0.15, 0.2) is 33.5 Å². The molecule has 1 aromatic heterocycles. The molecule has 28 heavy (non-hydrogen) atoms. The predicted molar refractivity (Wildman–Crippen MR) is 105 cm³/mol. The largest absolute Gasteiger partial charge is 0.495 e. The third-order valence-electron chi connectivity index (χ3n) is 4.33. The topological polar surface area (TPSA) is 102 Å². The van der Waals surface area contributed by atoms with Crippen LogP contribution in [-0.2, 0) is 0 Å². The first-order valence-electron chi connectivity index (χ1n) is 8.28. The molecular formula is C20H21NO7. The van der Waals surface area contributed by atoms with Crippen LogP contribution in [0.2, 0.25) is 0 Å². The Bertz CT molecular complexity index is 1090. The summed E-state index contributed by atoms with van der Waals surface area (Å²) in [6.07, 6.45) is 0. The number of hydrogen-bond acceptors (Lipinski definition) is 8. The van der Waals surface area contributed by atoms with E-state index in [1.165, 1.54) is 41.6 Å². The molecule has 8 heteroatoms. The highest BCUT2D eigenvalue weighted by molar-refractivity contribution is 5.95. The molecule has 0 aliphatic rings. The number of ether oxygens (including phenoxy) is 5. The highest BCUT2D eigenvalue weighted by Gasteiger charge is 2.27. The summed E-state index contributed by atoms with van der Waals surface area (Å²) in [5, 5.41) is 0.183. The van der Waals surface area contributed by atoms with Crippen molar-refractivity contribution in [2.75, 3.05) is 41.3 Å². The molecule has 0 saturated heterocycles. The summed E-state index contributed by atoms with van der Waals surface area (Å²) in [4.78, 5) is 12.9. The molecule has 0 aliphatic carbocycles. The summed E-state index contributed by atoms with van der Waals surface area (Å²) in [6.45, 7) is 0. The van der Waals surface area contributed by atoms with E-state index in [1.54, 1.807) is 18.2 Å². The van der Waals surface area contributed by atoms with Gasteiger partial charge in [-0.3, -0.25) is 4.79 Å². The van der Waals surface area contributed by atoms with Gasteiger partial charge in [0.2, 0.25) is 17.2 Å². The average molecular weight is 387 g/mol. The third kappa shape index (κ3) is 2.92. The van der Waals surface area contributed by atoms with E-state index in [2.05, 4.69) is 0 Å². The Hall–Kier alpha value is -3.55. The molecule has 1 heterocycles. The van der Waals surface area contributed by atoms with Crippen LogP contribution < -0.4 is 34.8 Å². The molecule has 0 fully saturated rings. The molecule has 8 nitrogen and oxygen atoms in total. The molecule has 2 N–H and O–H groups in total. The molecule has 0 saturated carbocycles. The number of rotatable bonds is 6. The van der Waals surface area contributed by atoms with Crippen molar-refractivity contribution in [1.82, 2.24) is 0 Å². The minimum atomic E-state index is -0.332. The van der Waals surface area contributed by atoms with Crippen LogP contribution in [0.5, 0.6) is 28.7 Å². The Kier molecular flexibility index (Phi) is 5.21. The SMILES string of the molecule is COc1ccc(-c2cc(=O)c3c(OC)c(OC)c(OC)c(OC)c3o2)cc1N. The lowest BCUT2D eigenvalue weighted by Gasteiger charge is -2.17. The maximum absolute atomic E-state index is 12.9. The normalized spacial score (nSPS) is 10.6. The first-order chi connectivity index (χ1) is 13.5. The Morgan fingerprint density at radius 1 is 0.786 bits per heavy atom. The molecule has 2 aromatic carbocycles. The highest BCUT2D eigenvalue weighted by atomic mass is 16.5. The van der Waals surface area contributed by atoms with Gasteiger partial charge in [-0.15, -0.1) is 0 Å². The van der Waals surface area contributed by atoms with Gasteiger partial charge in [0.15, 0.2) is 16.8 Å². The van der Waals surface area contributed by atoms with Crippen LogP contribution in [0.3, 0.4) is 0 Å². The molecule has 0 aliphatic heterocycles. The maximum atomic E-state index is 12.9. The van der Waals surface area contributed by atoms with Crippen LogP contribution >= 0.6 is 0 Å². The first kappa shape index (κ1) is 19.2. The van der Waals surface area contributed by atoms with Gasteiger partial charge in [0, 0.05) is 11.6 Å². The summed E-state index contributed by atoms with van der Waals surface area (Å²) in [5.74, 6) is 1.74. The van der Waals surface area contributed by atoms with E-state index in [0.717, 1.165) is 0 Å². The molecular weight excluding hydrogens is 366 g/mol. The summed E-state index contributed by atoms with van der Waals surface area (Å²) >= 11 is 0. The molecule has 3 rings (SSSR count). The highest BCUT2D eigenvalue weighted by Crippen LogP contribution is 2.50. The fourth-order valence-corrected chi connectivity index (χ4v) is 3.07. The lowest BCUT2D eigenvalue weighted by atomic mass is 10.1. The number of methoxy groups -OCH3 is 5. The monoisotopic (exact) mass is 387 g/mol. The Balaban J connectivity index is 2.39. The van der Waals surface area contributed by atoms with E-state index in [1.807, 2.05) is 0 Å². The van der Waals surface area contributed by atoms with E-state index in [4.69, 9.17) is 33.8 Å². The van der Waals surface area contributed by atoms with Crippen LogP contribution in [-0.4, -0.2) is 35.5 Å². The minimum Gasteiger partial charge on any atom is -0.495 e. The van der Waals surface area contributed by atoms with E-state index < -0.39 is 0 Å². The zero-order valence-electron chi connectivity index (χ0n) is 16.2. The Morgan fingerprint density at radius 3 is 1.93 bits per heavy atom. The molecule has 0 atom stereocenters. The van der Waals surface area contributed by atoms with Gasteiger partial charge in [0.25, 0.3) is 0 Å². The van der Waals surface area contributed by atoms with Crippen molar-refractivity contribution in [3.63, 3.8) is 0 Å². The van der Waals surface area contributed by atoms with Gasteiger partial charge in [-0.25, -0.2) is 0 Å². The summed E-state index contributed by atoms with van der Waals surface area (Å²) < 4.78 is 32.9. The van der Waals surface area contributed by atoms with Crippen molar-refractivity contribution in [1.29, 1.82) is 0 Å². The molecule has 0 bridgehead atoms. The number of fused-ring (bicyclic) bond motifs is 1. The number of nitrogens with two attached hydrogens (primary N) is 1. The van der Waals surface area contributed by atoms with Crippen LogP contribution in [0.4, 0.5) is 5.69 Å². The van der Waals surface area contributed by atoms with Crippen LogP contribution in [0, 0.1) is 0 Å². The van der Waals surface area contributed by atoms with Crippen molar-refractivity contribution in [3.8, 4) is 40.1 Å². The molecule has 3 aromatic rings. The lowest BCUT2D eigenvalue weighted by Crippen LogP contribution is -2.07. The summed E-state index contributed by atoms with van der Waals surface area (Å²) in [7, 11) is 7.31. The smallest absolute Gasteiger partial charge is 0.211 e.